The quantitative estimate of drug-likeness (QED) is 0.806. The van der Waals surface area contributed by atoms with Gasteiger partial charge in [0.05, 0.1) is 0 Å². The standard InChI is InChI=1S/C14H18O3/c15-14(16)17-10-11-5-4-8-13(9-11)12-6-2-1-3-7-12/h4-5,8-9,12H,1-3,6-7,10H2,(H,15,16). The van der Waals surface area contributed by atoms with Gasteiger partial charge in [0.2, 0.25) is 0 Å². The highest BCUT2D eigenvalue weighted by Crippen LogP contribution is 2.32. The van der Waals surface area contributed by atoms with Gasteiger partial charge >= 0.3 is 6.16 Å². The van der Waals surface area contributed by atoms with Gasteiger partial charge < -0.3 is 9.84 Å². The second kappa shape index (κ2) is 5.71. The summed E-state index contributed by atoms with van der Waals surface area (Å²) in [6.07, 6.45) is 5.25. The lowest BCUT2D eigenvalue weighted by Crippen LogP contribution is -2.05. The van der Waals surface area contributed by atoms with E-state index in [1.807, 2.05) is 12.1 Å². The summed E-state index contributed by atoms with van der Waals surface area (Å²) < 4.78 is 4.59. The minimum Gasteiger partial charge on any atom is -0.450 e. The van der Waals surface area contributed by atoms with E-state index in [1.165, 1.54) is 37.7 Å². The predicted molar refractivity (Wildman–Crippen MR) is 65.1 cm³/mol. The number of hydrogen-bond donors (Lipinski definition) is 1. The lowest BCUT2D eigenvalue weighted by molar-refractivity contribution is 0.0853. The van der Waals surface area contributed by atoms with Crippen LogP contribution in [0, 0.1) is 0 Å². The van der Waals surface area contributed by atoms with Crippen molar-refractivity contribution >= 4 is 6.16 Å². The van der Waals surface area contributed by atoms with Gasteiger partial charge in [-0.1, -0.05) is 43.5 Å². The summed E-state index contributed by atoms with van der Waals surface area (Å²) in [6, 6.07) is 8.12. The van der Waals surface area contributed by atoms with Gasteiger partial charge in [-0.05, 0) is 29.9 Å². The van der Waals surface area contributed by atoms with E-state index >= 15 is 0 Å². The zero-order valence-corrected chi connectivity index (χ0v) is 9.89. The fourth-order valence-electron chi connectivity index (χ4n) is 2.52. The third-order valence-electron chi connectivity index (χ3n) is 3.39. The molecule has 17 heavy (non-hydrogen) atoms. The van der Waals surface area contributed by atoms with E-state index in [4.69, 9.17) is 5.11 Å². The molecule has 0 aromatic heterocycles. The zero-order chi connectivity index (χ0) is 12.1. The molecule has 0 radical (unpaired) electrons. The summed E-state index contributed by atoms with van der Waals surface area (Å²) in [7, 11) is 0. The lowest BCUT2D eigenvalue weighted by atomic mass is 9.84. The van der Waals surface area contributed by atoms with Crippen LogP contribution in [0.3, 0.4) is 0 Å². The predicted octanol–water partition coefficient (Wildman–Crippen LogP) is 3.93. The second-order valence-electron chi connectivity index (χ2n) is 4.63. The maximum Gasteiger partial charge on any atom is 0.506 e. The summed E-state index contributed by atoms with van der Waals surface area (Å²) in [5.41, 5.74) is 2.27. The summed E-state index contributed by atoms with van der Waals surface area (Å²) >= 11 is 0. The normalized spacial score (nSPS) is 16.7. The SMILES string of the molecule is O=C(O)OCc1cccc(C2CCCCC2)c1. The summed E-state index contributed by atoms with van der Waals surface area (Å²) in [5.74, 6) is 0.647. The van der Waals surface area contributed by atoms with Crippen molar-refractivity contribution in [3.05, 3.63) is 35.4 Å². The number of ether oxygens (including phenoxy) is 1. The van der Waals surface area contributed by atoms with E-state index in [1.54, 1.807) is 0 Å². The molecule has 0 saturated heterocycles. The van der Waals surface area contributed by atoms with E-state index in [-0.39, 0.29) is 6.61 Å². The van der Waals surface area contributed by atoms with Crippen molar-refractivity contribution in [2.24, 2.45) is 0 Å². The molecule has 1 aliphatic carbocycles. The van der Waals surface area contributed by atoms with E-state index in [0.717, 1.165) is 5.56 Å². The van der Waals surface area contributed by atoms with E-state index in [2.05, 4.69) is 16.9 Å². The van der Waals surface area contributed by atoms with Crippen molar-refractivity contribution in [3.8, 4) is 0 Å². The van der Waals surface area contributed by atoms with Gasteiger partial charge in [0, 0.05) is 0 Å². The maximum absolute atomic E-state index is 10.3. The zero-order valence-electron chi connectivity index (χ0n) is 9.89. The second-order valence-corrected chi connectivity index (χ2v) is 4.63. The van der Waals surface area contributed by atoms with Crippen LogP contribution in [-0.4, -0.2) is 11.3 Å². The first-order chi connectivity index (χ1) is 8.25. The van der Waals surface area contributed by atoms with Crippen LogP contribution < -0.4 is 0 Å². The molecule has 1 fully saturated rings. The Labute approximate surface area is 101 Å². The average molecular weight is 234 g/mol. The lowest BCUT2D eigenvalue weighted by Gasteiger charge is -2.22. The van der Waals surface area contributed by atoms with Crippen LogP contribution in [-0.2, 0) is 11.3 Å². The van der Waals surface area contributed by atoms with Gasteiger partial charge in [-0.2, -0.15) is 0 Å². The molecule has 1 aromatic carbocycles. The fourth-order valence-corrected chi connectivity index (χ4v) is 2.52. The minimum atomic E-state index is -1.21. The Morgan fingerprint density at radius 2 is 2.06 bits per heavy atom. The molecule has 3 nitrogen and oxygen atoms in total. The Morgan fingerprint density at radius 3 is 2.76 bits per heavy atom. The van der Waals surface area contributed by atoms with Gasteiger partial charge in [-0.15, -0.1) is 0 Å². The Bertz CT molecular complexity index is 381. The Balaban J connectivity index is 2.02. The molecule has 1 N–H and O–H groups in total. The van der Waals surface area contributed by atoms with Crippen LogP contribution >= 0.6 is 0 Å². The summed E-state index contributed by atoms with van der Waals surface area (Å²) in [6.45, 7) is 0.149. The molecule has 1 aliphatic rings. The van der Waals surface area contributed by atoms with Gasteiger partial charge in [0.25, 0.3) is 0 Å². The van der Waals surface area contributed by atoms with Crippen molar-refractivity contribution in [1.29, 1.82) is 0 Å². The maximum atomic E-state index is 10.3. The topological polar surface area (TPSA) is 46.5 Å². The van der Waals surface area contributed by atoms with Crippen molar-refractivity contribution in [3.63, 3.8) is 0 Å². The molecule has 0 heterocycles. The molecule has 0 spiro atoms. The van der Waals surface area contributed by atoms with Crippen molar-refractivity contribution in [1.82, 2.24) is 0 Å². The van der Waals surface area contributed by atoms with E-state index in [9.17, 15) is 4.79 Å². The first-order valence-electron chi connectivity index (χ1n) is 6.20. The Morgan fingerprint density at radius 1 is 1.29 bits per heavy atom. The van der Waals surface area contributed by atoms with Gasteiger partial charge in [-0.25, -0.2) is 4.79 Å². The molecule has 0 amide bonds. The van der Waals surface area contributed by atoms with Crippen LogP contribution in [0.5, 0.6) is 0 Å². The van der Waals surface area contributed by atoms with Crippen LogP contribution in [0.1, 0.15) is 49.1 Å². The van der Waals surface area contributed by atoms with Crippen LogP contribution in [0.15, 0.2) is 24.3 Å². The molecule has 0 atom stereocenters. The minimum absolute atomic E-state index is 0.149. The van der Waals surface area contributed by atoms with Gasteiger partial charge in [0.1, 0.15) is 6.61 Å². The van der Waals surface area contributed by atoms with Crippen LogP contribution in [0.4, 0.5) is 4.79 Å². The van der Waals surface area contributed by atoms with Crippen LogP contribution in [0.2, 0.25) is 0 Å². The molecular weight excluding hydrogens is 216 g/mol. The van der Waals surface area contributed by atoms with Crippen molar-refractivity contribution in [2.45, 2.75) is 44.6 Å². The number of rotatable bonds is 3. The largest absolute Gasteiger partial charge is 0.506 e. The third kappa shape index (κ3) is 3.48. The van der Waals surface area contributed by atoms with Crippen LogP contribution in [0.25, 0.3) is 0 Å². The molecule has 0 aliphatic heterocycles. The number of hydrogen-bond acceptors (Lipinski definition) is 2. The molecule has 1 aromatic rings. The molecule has 1 saturated carbocycles. The van der Waals surface area contributed by atoms with E-state index < -0.39 is 6.16 Å². The number of carboxylic acid groups (broad SMARTS) is 1. The molecule has 3 heteroatoms. The monoisotopic (exact) mass is 234 g/mol. The fraction of sp³-hybridized carbons (Fsp3) is 0.500. The number of carbonyl (C=O) groups is 1. The Kier molecular flexibility index (Phi) is 4.02. The first-order valence-corrected chi connectivity index (χ1v) is 6.20. The third-order valence-corrected chi connectivity index (χ3v) is 3.39. The van der Waals surface area contributed by atoms with Crippen molar-refractivity contribution < 1.29 is 14.6 Å². The highest BCUT2D eigenvalue weighted by molar-refractivity contribution is 5.56. The average Bonchev–Trinajstić information content (AvgIpc) is 2.38. The summed E-state index contributed by atoms with van der Waals surface area (Å²) in [4.78, 5) is 10.3. The van der Waals surface area contributed by atoms with Crippen molar-refractivity contribution in [2.75, 3.05) is 0 Å². The molecule has 0 unspecified atom stereocenters. The molecular formula is C14H18O3. The highest BCUT2D eigenvalue weighted by Gasteiger charge is 2.15. The van der Waals surface area contributed by atoms with Gasteiger partial charge in [-0.3, -0.25) is 0 Å². The number of benzene rings is 1. The molecule has 2 rings (SSSR count). The molecule has 92 valence electrons. The van der Waals surface area contributed by atoms with E-state index in [0.29, 0.717) is 5.92 Å². The first kappa shape index (κ1) is 12.0. The molecule has 0 bridgehead atoms. The highest BCUT2D eigenvalue weighted by atomic mass is 16.7. The van der Waals surface area contributed by atoms with Gasteiger partial charge in [0.15, 0.2) is 0 Å². The summed E-state index contributed by atoms with van der Waals surface area (Å²) in [5, 5.41) is 8.47. The smallest absolute Gasteiger partial charge is 0.450 e. The Hall–Kier alpha value is -1.51.